The fraction of sp³-hybridized carbons (Fsp3) is 0.636. The molecule has 0 heterocycles. The fourth-order valence-electron chi connectivity index (χ4n) is 2.68. The predicted molar refractivity (Wildman–Crippen MR) is 104 cm³/mol. The summed E-state index contributed by atoms with van der Waals surface area (Å²) in [6.07, 6.45) is 9.91. The number of hydrogen-bond donors (Lipinski definition) is 0. The number of esters is 2. The van der Waals surface area contributed by atoms with Crippen molar-refractivity contribution in [3.63, 3.8) is 0 Å². The summed E-state index contributed by atoms with van der Waals surface area (Å²) in [4.78, 5) is 23.3. The third-order valence-corrected chi connectivity index (χ3v) is 4.27. The van der Waals surface area contributed by atoms with Crippen LogP contribution < -0.4 is 0 Å². The van der Waals surface area contributed by atoms with Gasteiger partial charge >= 0.3 is 11.9 Å². The van der Waals surface area contributed by atoms with Crippen LogP contribution in [0.5, 0.6) is 0 Å². The normalized spacial score (nSPS) is 10.5. The topological polar surface area (TPSA) is 52.6 Å². The van der Waals surface area contributed by atoms with E-state index in [4.69, 9.17) is 9.47 Å². The lowest BCUT2D eigenvalue weighted by Gasteiger charge is -2.06. The lowest BCUT2D eigenvalue weighted by molar-refractivity contribution is -0.146. The Balaban J connectivity index is 1.90. The van der Waals surface area contributed by atoms with Gasteiger partial charge in [0.2, 0.25) is 0 Å². The summed E-state index contributed by atoms with van der Waals surface area (Å²) in [6.45, 7) is 3.13. The van der Waals surface area contributed by atoms with Gasteiger partial charge in [0.05, 0.1) is 13.2 Å². The second-order valence-corrected chi connectivity index (χ2v) is 6.65. The molecular formula is C22H34O4. The second kappa shape index (κ2) is 15.4. The number of unbranched alkanes of at least 4 members (excludes halogenated alkanes) is 6. The van der Waals surface area contributed by atoms with E-state index >= 15 is 0 Å². The van der Waals surface area contributed by atoms with E-state index in [0.717, 1.165) is 24.8 Å². The molecular weight excluding hydrogens is 328 g/mol. The Labute approximate surface area is 158 Å². The average molecular weight is 363 g/mol. The van der Waals surface area contributed by atoms with Gasteiger partial charge in [-0.1, -0.05) is 69.4 Å². The molecule has 0 atom stereocenters. The molecule has 1 rings (SSSR count). The molecule has 0 radical (unpaired) electrons. The third kappa shape index (κ3) is 12.5. The van der Waals surface area contributed by atoms with Crippen molar-refractivity contribution in [2.75, 3.05) is 13.2 Å². The van der Waals surface area contributed by atoms with Crippen LogP contribution in [0.2, 0.25) is 0 Å². The Morgan fingerprint density at radius 3 is 1.96 bits per heavy atom. The third-order valence-electron chi connectivity index (χ3n) is 4.27. The van der Waals surface area contributed by atoms with E-state index in [1.807, 2.05) is 30.3 Å². The summed E-state index contributed by atoms with van der Waals surface area (Å²) in [7, 11) is 0. The highest BCUT2D eigenvalue weighted by Crippen LogP contribution is 2.07. The van der Waals surface area contributed by atoms with Gasteiger partial charge < -0.3 is 9.47 Å². The van der Waals surface area contributed by atoms with Crippen molar-refractivity contribution < 1.29 is 19.1 Å². The summed E-state index contributed by atoms with van der Waals surface area (Å²) >= 11 is 0. The fourth-order valence-corrected chi connectivity index (χ4v) is 2.68. The van der Waals surface area contributed by atoms with E-state index in [0.29, 0.717) is 38.9 Å². The van der Waals surface area contributed by atoms with Crippen LogP contribution in [0.3, 0.4) is 0 Å². The number of ether oxygens (including phenoxy) is 2. The van der Waals surface area contributed by atoms with Gasteiger partial charge in [-0.05, 0) is 24.8 Å². The predicted octanol–water partition coefficient (Wildman–Crippen LogP) is 5.24. The summed E-state index contributed by atoms with van der Waals surface area (Å²) in [5.41, 5.74) is 1.16. The molecule has 146 valence electrons. The van der Waals surface area contributed by atoms with Crippen LogP contribution in [-0.2, 0) is 25.5 Å². The van der Waals surface area contributed by atoms with E-state index in [-0.39, 0.29) is 11.9 Å². The van der Waals surface area contributed by atoms with Crippen LogP contribution >= 0.6 is 0 Å². The molecule has 0 spiro atoms. The van der Waals surface area contributed by atoms with Crippen LogP contribution in [0.4, 0.5) is 0 Å². The Bertz CT molecular complexity index is 484. The van der Waals surface area contributed by atoms with Gasteiger partial charge in [0.25, 0.3) is 0 Å². The van der Waals surface area contributed by atoms with E-state index in [2.05, 4.69) is 6.92 Å². The van der Waals surface area contributed by atoms with Crippen molar-refractivity contribution in [1.82, 2.24) is 0 Å². The molecule has 0 aliphatic carbocycles. The van der Waals surface area contributed by atoms with Crippen molar-refractivity contribution in [3.05, 3.63) is 35.9 Å². The zero-order chi connectivity index (χ0) is 18.9. The van der Waals surface area contributed by atoms with E-state index in [9.17, 15) is 9.59 Å². The molecule has 1 aromatic carbocycles. The Hall–Kier alpha value is -1.84. The first-order valence-corrected chi connectivity index (χ1v) is 10.1. The molecule has 1 aromatic rings. The van der Waals surface area contributed by atoms with Gasteiger partial charge in [-0.25, -0.2) is 0 Å². The maximum atomic E-state index is 11.7. The first kappa shape index (κ1) is 22.2. The monoisotopic (exact) mass is 362 g/mol. The average Bonchev–Trinajstić information content (AvgIpc) is 2.65. The number of carbonyl (C=O) groups excluding carboxylic acids is 2. The van der Waals surface area contributed by atoms with Gasteiger partial charge in [-0.15, -0.1) is 0 Å². The van der Waals surface area contributed by atoms with Crippen LogP contribution in [0.15, 0.2) is 30.3 Å². The molecule has 0 N–H and O–H groups in total. The minimum absolute atomic E-state index is 0.156. The van der Waals surface area contributed by atoms with Gasteiger partial charge in [0.15, 0.2) is 0 Å². The van der Waals surface area contributed by atoms with Crippen molar-refractivity contribution in [2.24, 2.45) is 0 Å². The standard InChI is InChI=1S/C22H34O4/c1-2-3-4-5-6-12-18-25-21(23)15-10-11-16-22(24)26-19-17-20-13-8-7-9-14-20/h7-9,13-14H,2-6,10-12,15-19H2,1H3. The summed E-state index contributed by atoms with van der Waals surface area (Å²) in [6, 6.07) is 9.95. The molecule has 0 fully saturated rings. The Morgan fingerprint density at radius 2 is 1.31 bits per heavy atom. The highest BCUT2D eigenvalue weighted by atomic mass is 16.5. The molecule has 4 heteroatoms. The quantitative estimate of drug-likeness (QED) is 0.316. The van der Waals surface area contributed by atoms with Gasteiger partial charge in [0, 0.05) is 19.3 Å². The molecule has 4 nitrogen and oxygen atoms in total. The zero-order valence-electron chi connectivity index (χ0n) is 16.2. The van der Waals surface area contributed by atoms with Gasteiger partial charge in [-0.2, -0.15) is 0 Å². The summed E-state index contributed by atoms with van der Waals surface area (Å²) < 4.78 is 10.4. The van der Waals surface area contributed by atoms with Crippen molar-refractivity contribution in [2.45, 2.75) is 77.6 Å². The molecule has 0 bridgehead atoms. The number of carbonyl (C=O) groups is 2. The molecule has 0 unspecified atom stereocenters. The van der Waals surface area contributed by atoms with Crippen molar-refractivity contribution >= 4 is 11.9 Å². The van der Waals surface area contributed by atoms with E-state index in [1.54, 1.807) is 0 Å². The lowest BCUT2D eigenvalue weighted by atomic mass is 10.1. The van der Waals surface area contributed by atoms with Crippen LogP contribution in [0.1, 0.15) is 76.7 Å². The largest absolute Gasteiger partial charge is 0.466 e. The number of hydrogen-bond acceptors (Lipinski definition) is 4. The first-order chi connectivity index (χ1) is 12.7. The van der Waals surface area contributed by atoms with Crippen LogP contribution in [0.25, 0.3) is 0 Å². The molecule has 26 heavy (non-hydrogen) atoms. The smallest absolute Gasteiger partial charge is 0.305 e. The molecule has 0 aliphatic rings. The minimum atomic E-state index is -0.193. The number of benzene rings is 1. The minimum Gasteiger partial charge on any atom is -0.466 e. The highest BCUT2D eigenvalue weighted by molar-refractivity contribution is 5.70. The van der Waals surface area contributed by atoms with Crippen molar-refractivity contribution in [3.8, 4) is 0 Å². The maximum Gasteiger partial charge on any atom is 0.305 e. The molecule has 0 amide bonds. The van der Waals surface area contributed by atoms with E-state index < -0.39 is 0 Å². The van der Waals surface area contributed by atoms with Gasteiger partial charge in [0.1, 0.15) is 0 Å². The maximum absolute atomic E-state index is 11.7. The van der Waals surface area contributed by atoms with E-state index in [1.165, 1.54) is 25.7 Å². The summed E-state index contributed by atoms with van der Waals surface area (Å²) in [5, 5.41) is 0. The molecule has 0 saturated heterocycles. The first-order valence-electron chi connectivity index (χ1n) is 10.1. The molecule has 0 aromatic heterocycles. The van der Waals surface area contributed by atoms with Crippen molar-refractivity contribution in [1.29, 1.82) is 0 Å². The molecule has 0 saturated carbocycles. The Kier molecular flexibility index (Phi) is 13.2. The zero-order valence-corrected chi connectivity index (χ0v) is 16.2. The van der Waals surface area contributed by atoms with Crippen LogP contribution in [0, 0.1) is 0 Å². The van der Waals surface area contributed by atoms with Crippen LogP contribution in [-0.4, -0.2) is 25.2 Å². The lowest BCUT2D eigenvalue weighted by Crippen LogP contribution is -2.09. The van der Waals surface area contributed by atoms with Gasteiger partial charge in [-0.3, -0.25) is 9.59 Å². The molecule has 0 aliphatic heterocycles. The Morgan fingerprint density at radius 1 is 0.731 bits per heavy atom. The SMILES string of the molecule is CCCCCCCCOC(=O)CCCCC(=O)OCCc1ccccc1. The second-order valence-electron chi connectivity index (χ2n) is 6.65. The summed E-state index contributed by atoms with van der Waals surface area (Å²) in [5.74, 6) is -0.350. The highest BCUT2D eigenvalue weighted by Gasteiger charge is 2.06. The number of rotatable bonds is 15.